The maximum absolute atomic E-state index is 12.5. The Hall–Kier alpha value is -0.920. The quantitative estimate of drug-likeness (QED) is 0.863. The Morgan fingerprint density at radius 1 is 1.32 bits per heavy atom. The van der Waals surface area contributed by atoms with Crippen LogP contribution in [0.25, 0.3) is 0 Å². The van der Waals surface area contributed by atoms with Crippen LogP contribution in [-0.4, -0.2) is 47.3 Å². The van der Waals surface area contributed by atoms with E-state index in [0.29, 0.717) is 31.5 Å². The third-order valence-electron chi connectivity index (χ3n) is 4.27. The number of nitrogens with zero attached hydrogens (tertiary/aromatic N) is 3. The molecular weight excluding hydrogens is 266 g/mol. The number of fused-ring (bicyclic) bond motifs is 1. The van der Waals surface area contributed by atoms with Gasteiger partial charge < -0.3 is 5.11 Å². The van der Waals surface area contributed by atoms with E-state index in [4.69, 9.17) is 5.11 Å². The van der Waals surface area contributed by atoms with E-state index >= 15 is 0 Å². The van der Waals surface area contributed by atoms with Crippen LogP contribution in [0.2, 0.25) is 0 Å². The van der Waals surface area contributed by atoms with E-state index in [-0.39, 0.29) is 11.5 Å². The van der Waals surface area contributed by atoms with Crippen molar-refractivity contribution in [1.82, 2.24) is 14.1 Å². The fourth-order valence-corrected chi connectivity index (χ4v) is 4.75. The average Bonchev–Trinajstić information content (AvgIpc) is 3.03. The molecule has 0 amide bonds. The molecule has 0 spiro atoms. The largest absolute Gasteiger partial charge is 0.394 e. The van der Waals surface area contributed by atoms with Crippen LogP contribution in [-0.2, 0) is 16.6 Å². The molecule has 1 saturated heterocycles. The summed E-state index contributed by atoms with van der Waals surface area (Å²) in [5.41, 5.74) is 0. The lowest BCUT2D eigenvalue weighted by atomic mass is 10.0. The molecule has 1 aromatic rings. The van der Waals surface area contributed by atoms with E-state index < -0.39 is 10.0 Å². The Bertz CT molecular complexity index is 542. The predicted octanol–water partition coefficient (Wildman–Crippen LogP) is 0.296. The van der Waals surface area contributed by atoms with Gasteiger partial charge in [-0.05, 0) is 24.7 Å². The van der Waals surface area contributed by atoms with Crippen LogP contribution >= 0.6 is 0 Å². The van der Waals surface area contributed by atoms with Gasteiger partial charge in [0, 0.05) is 19.3 Å². The van der Waals surface area contributed by atoms with Gasteiger partial charge in [-0.25, -0.2) is 8.42 Å². The second-order valence-corrected chi connectivity index (χ2v) is 7.37. The second-order valence-electron chi connectivity index (χ2n) is 5.44. The van der Waals surface area contributed by atoms with Gasteiger partial charge in [-0.3, -0.25) is 4.68 Å². The summed E-state index contributed by atoms with van der Waals surface area (Å²) in [5.74, 6) is 1.09. The molecule has 19 heavy (non-hydrogen) atoms. The Kier molecular flexibility index (Phi) is 3.36. The molecule has 0 radical (unpaired) electrons. The summed E-state index contributed by atoms with van der Waals surface area (Å²) < 4.78 is 28.0. The number of sulfonamides is 1. The number of hydrogen-bond acceptors (Lipinski definition) is 4. The number of aliphatic hydroxyl groups is 1. The summed E-state index contributed by atoms with van der Waals surface area (Å²) in [6.45, 7) is 1.58. The van der Waals surface area contributed by atoms with E-state index in [9.17, 15) is 8.42 Å². The lowest BCUT2D eigenvalue weighted by Gasteiger charge is -2.15. The highest BCUT2D eigenvalue weighted by Crippen LogP contribution is 2.39. The second kappa shape index (κ2) is 4.88. The predicted molar refractivity (Wildman–Crippen MR) is 68.9 cm³/mol. The van der Waals surface area contributed by atoms with Crippen molar-refractivity contribution >= 4 is 10.0 Å². The van der Waals surface area contributed by atoms with Crippen LogP contribution in [0.15, 0.2) is 17.3 Å². The minimum atomic E-state index is -3.41. The molecule has 106 valence electrons. The first-order valence-electron chi connectivity index (χ1n) is 6.75. The van der Waals surface area contributed by atoms with Gasteiger partial charge in [-0.15, -0.1) is 0 Å². The molecule has 0 bridgehead atoms. The SMILES string of the molecule is O=S(=O)(c1cnn(CCO)c1)N1CC2CCCC2C1. The first kappa shape index (κ1) is 13.1. The number of rotatable bonds is 4. The highest BCUT2D eigenvalue weighted by molar-refractivity contribution is 7.89. The Labute approximate surface area is 113 Å². The zero-order valence-electron chi connectivity index (χ0n) is 10.8. The maximum Gasteiger partial charge on any atom is 0.246 e. The standard InChI is InChI=1S/C12H19N3O3S/c16-5-4-14-9-12(6-13-14)19(17,18)15-7-10-2-1-3-11(10)8-15/h6,9-11,16H,1-5,7-8H2. The van der Waals surface area contributed by atoms with Gasteiger partial charge in [0.2, 0.25) is 10.0 Å². The highest BCUT2D eigenvalue weighted by atomic mass is 32.2. The molecule has 1 aromatic heterocycles. The number of aromatic nitrogens is 2. The summed E-state index contributed by atoms with van der Waals surface area (Å²) in [5, 5.41) is 12.8. The third-order valence-corrected chi connectivity index (χ3v) is 6.05. The van der Waals surface area contributed by atoms with Crippen molar-refractivity contribution in [3.63, 3.8) is 0 Å². The van der Waals surface area contributed by atoms with Crippen molar-refractivity contribution in [2.24, 2.45) is 11.8 Å². The topological polar surface area (TPSA) is 75.4 Å². The van der Waals surface area contributed by atoms with E-state index in [2.05, 4.69) is 5.10 Å². The molecule has 1 aliphatic heterocycles. The van der Waals surface area contributed by atoms with Crippen molar-refractivity contribution in [3.05, 3.63) is 12.4 Å². The maximum atomic E-state index is 12.5. The van der Waals surface area contributed by atoms with Crippen LogP contribution in [0.5, 0.6) is 0 Å². The third kappa shape index (κ3) is 2.30. The van der Waals surface area contributed by atoms with Crippen molar-refractivity contribution < 1.29 is 13.5 Å². The molecule has 2 aliphatic rings. The summed E-state index contributed by atoms with van der Waals surface area (Å²) >= 11 is 0. The lowest BCUT2D eigenvalue weighted by molar-refractivity contribution is 0.269. The molecule has 2 fully saturated rings. The molecule has 1 aliphatic carbocycles. The Morgan fingerprint density at radius 2 is 2.00 bits per heavy atom. The highest BCUT2D eigenvalue weighted by Gasteiger charge is 2.41. The summed E-state index contributed by atoms with van der Waals surface area (Å²) in [6, 6.07) is 0. The van der Waals surface area contributed by atoms with Crippen molar-refractivity contribution in [2.75, 3.05) is 19.7 Å². The van der Waals surface area contributed by atoms with Crippen LogP contribution < -0.4 is 0 Å². The van der Waals surface area contributed by atoms with Crippen molar-refractivity contribution in [2.45, 2.75) is 30.7 Å². The minimum Gasteiger partial charge on any atom is -0.394 e. The van der Waals surface area contributed by atoms with Crippen LogP contribution in [0.4, 0.5) is 0 Å². The summed E-state index contributed by atoms with van der Waals surface area (Å²) in [7, 11) is -3.41. The first-order chi connectivity index (χ1) is 9.11. The van der Waals surface area contributed by atoms with E-state index in [1.54, 1.807) is 4.31 Å². The Morgan fingerprint density at radius 3 is 2.63 bits per heavy atom. The van der Waals surface area contributed by atoms with Crippen molar-refractivity contribution in [1.29, 1.82) is 0 Å². The van der Waals surface area contributed by atoms with Gasteiger partial charge >= 0.3 is 0 Å². The smallest absolute Gasteiger partial charge is 0.246 e. The Balaban J connectivity index is 1.78. The number of aliphatic hydroxyl groups excluding tert-OH is 1. The summed E-state index contributed by atoms with van der Waals surface area (Å²) in [6.07, 6.45) is 6.41. The fourth-order valence-electron chi connectivity index (χ4n) is 3.24. The van der Waals surface area contributed by atoms with Crippen LogP contribution in [0.3, 0.4) is 0 Å². The molecule has 7 heteroatoms. The molecule has 0 aromatic carbocycles. The molecule has 3 rings (SSSR count). The zero-order valence-corrected chi connectivity index (χ0v) is 11.6. The van der Waals surface area contributed by atoms with Gasteiger partial charge in [-0.1, -0.05) is 6.42 Å². The lowest BCUT2D eigenvalue weighted by Crippen LogP contribution is -2.29. The van der Waals surface area contributed by atoms with Gasteiger partial charge in [-0.2, -0.15) is 9.40 Å². The molecule has 1 saturated carbocycles. The monoisotopic (exact) mass is 285 g/mol. The normalized spacial score (nSPS) is 27.8. The van der Waals surface area contributed by atoms with Crippen molar-refractivity contribution in [3.8, 4) is 0 Å². The molecule has 2 unspecified atom stereocenters. The van der Waals surface area contributed by atoms with Gasteiger partial charge in [0.25, 0.3) is 0 Å². The summed E-state index contributed by atoms with van der Waals surface area (Å²) in [4.78, 5) is 0.237. The molecule has 2 atom stereocenters. The minimum absolute atomic E-state index is 0.0466. The van der Waals surface area contributed by atoms with Crippen LogP contribution in [0.1, 0.15) is 19.3 Å². The number of hydrogen-bond donors (Lipinski definition) is 1. The molecular formula is C12H19N3O3S. The first-order valence-corrected chi connectivity index (χ1v) is 8.19. The molecule has 1 N–H and O–H groups in total. The average molecular weight is 285 g/mol. The molecule has 6 nitrogen and oxygen atoms in total. The van der Waals surface area contributed by atoms with E-state index in [1.165, 1.54) is 23.5 Å². The molecule has 2 heterocycles. The van der Waals surface area contributed by atoms with Gasteiger partial charge in [0.15, 0.2) is 0 Å². The van der Waals surface area contributed by atoms with Crippen LogP contribution in [0, 0.1) is 11.8 Å². The zero-order chi connectivity index (χ0) is 13.5. The van der Waals surface area contributed by atoms with Gasteiger partial charge in [0.1, 0.15) is 4.90 Å². The fraction of sp³-hybridized carbons (Fsp3) is 0.750. The van der Waals surface area contributed by atoms with E-state index in [0.717, 1.165) is 12.8 Å². The van der Waals surface area contributed by atoms with Gasteiger partial charge in [0.05, 0.1) is 19.3 Å². The van der Waals surface area contributed by atoms with E-state index in [1.807, 2.05) is 0 Å².